The van der Waals surface area contributed by atoms with Gasteiger partial charge in [0, 0.05) is 44.4 Å². The molecular formula is C13H23N3OS. The van der Waals surface area contributed by atoms with Crippen LogP contribution in [0.25, 0.3) is 0 Å². The molecule has 1 amide bonds. The minimum absolute atomic E-state index is 0.115. The van der Waals surface area contributed by atoms with E-state index >= 15 is 0 Å². The molecule has 5 heteroatoms. The number of hydrogen-bond acceptors (Lipinski definition) is 4. The molecule has 1 heterocycles. The van der Waals surface area contributed by atoms with Gasteiger partial charge in [-0.15, -0.1) is 11.3 Å². The van der Waals surface area contributed by atoms with Crippen LogP contribution in [0.2, 0.25) is 0 Å². The Hall–Kier alpha value is -0.940. The molecule has 0 bridgehead atoms. The second-order valence-electron chi connectivity index (χ2n) is 5.61. The molecular weight excluding hydrogens is 246 g/mol. The Kier molecular flexibility index (Phi) is 5.28. The van der Waals surface area contributed by atoms with E-state index in [-0.39, 0.29) is 11.3 Å². The number of amides is 1. The Labute approximate surface area is 113 Å². The summed E-state index contributed by atoms with van der Waals surface area (Å²) in [6, 6.07) is 0. The SMILES string of the molecule is CN(C)C(=O)CCNCc1csc(C(C)(C)C)n1. The Morgan fingerprint density at radius 2 is 2.11 bits per heavy atom. The normalized spacial score (nSPS) is 11.6. The van der Waals surface area contributed by atoms with Crippen LogP contribution in [0.15, 0.2) is 5.38 Å². The molecule has 0 unspecified atom stereocenters. The van der Waals surface area contributed by atoms with Crippen molar-refractivity contribution in [3.63, 3.8) is 0 Å². The lowest BCUT2D eigenvalue weighted by Gasteiger charge is -2.13. The lowest BCUT2D eigenvalue weighted by molar-refractivity contribution is -0.128. The highest BCUT2D eigenvalue weighted by Crippen LogP contribution is 2.25. The molecule has 18 heavy (non-hydrogen) atoms. The van der Waals surface area contributed by atoms with E-state index in [0.29, 0.717) is 13.0 Å². The van der Waals surface area contributed by atoms with Gasteiger partial charge in [0.05, 0.1) is 10.7 Å². The van der Waals surface area contributed by atoms with Crippen LogP contribution < -0.4 is 5.32 Å². The summed E-state index contributed by atoms with van der Waals surface area (Å²) in [6.45, 7) is 7.92. The van der Waals surface area contributed by atoms with Gasteiger partial charge in [-0.3, -0.25) is 4.79 Å². The highest BCUT2D eigenvalue weighted by molar-refractivity contribution is 7.09. The average molecular weight is 269 g/mol. The topological polar surface area (TPSA) is 45.2 Å². The molecule has 0 aliphatic rings. The molecule has 1 rings (SSSR count). The standard InChI is InChI=1S/C13H23N3OS/c1-13(2,3)12-15-10(9-18-12)8-14-7-6-11(17)16(4)5/h9,14H,6-8H2,1-5H3. The summed E-state index contributed by atoms with van der Waals surface area (Å²) in [5.41, 5.74) is 1.17. The number of carbonyl (C=O) groups excluding carboxylic acids is 1. The third-order valence-corrected chi connectivity index (χ3v) is 3.83. The van der Waals surface area contributed by atoms with Crippen molar-refractivity contribution in [3.05, 3.63) is 16.1 Å². The van der Waals surface area contributed by atoms with E-state index in [2.05, 4.69) is 36.5 Å². The van der Waals surface area contributed by atoms with Crippen LogP contribution in [0.5, 0.6) is 0 Å². The first-order valence-corrected chi connectivity index (χ1v) is 7.04. The zero-order chi connectivity index (χ0) is 13.8. The third-order valence-electron chi connectivity index (χ3n) is 2.51. The van der Waals surface area contributed by atoms with Crippen LogP contribution >= 0.6 is 11.3 Å². The Morgan fingerprint density at radius 3 is 2.61 bits per heavy atom. The van der Waals surface area contributed by atoms with Crippen LogP contribution in [-0.4, -0.2) is 36.4 Å². The molecule has 1 aromatic heterocycles. The summed E-state index contributed by atoms with van der Waals surface area (Å²) in [5, 5.41) is 6.49. The summed E-state index contributed by atoms with van der Waals surface area (Å²) >= 11 is 1.70. The minimum atomic E-state index is 0.115. The molecule has 102 valence electrons. The van der Waals surface area contributed by atoms with Gasteiger partial charge in [0.25, 0.3) is 0 Å². The van der Waals surface area contributed by atoms with Crippen LogP contribution in [0.4, 0.5) is 0 Å². The van der Waals surface area contributed by atoms with Gasteiger partial charge in [-0.25, -0.2) is 4.98 Å². The molecule has 0 aliphatic heterocycles. The van der Waals surface area contributed by atoms with Gasteiger partial charge < -0.3 is 10.2 Å². The van der Waals surface area contributed by atoms with Crippen molar-refractivity contribution in [2.24, 2.45) is 0 Å². The molecule has 0 aromatic carbocycles. The third kappa shape index (κ3) is 4.74. The summed E-state index contributed by atoms with van der Waals surface area (Å²) in [5.74, 6) is 0.149. The van der Waals surface area contributed by atoms with Gasteiger partial charge in [-0.05, 0) is 0 Å². The Morgan fingerprint density at radius 1 is 1.44 bits per heavy atom. The number of carbonyl (C=O) groups is 1. The van der Waals surface area contributed by atoms with Crippen LogP contribution in [0, 0.1) is 0 Å². The fourth-order valence-corrected chi connectivity index (χ4v) is 2.28. The summed E-state index contributed by atoms with van der Waals surface area (Å²) < 4.78 is 0. The molecule has 0 saturated carbocycles. The maximum absolute atomic E-state index is 11.4. The lowest BCUT2D eigenvalue weighted by atomic mass is 9.98. The number of nitrogens with one attached hydrogen (secondary N) is 1. The van der Waals surface area contributed by atoms with Gasteiger partial charge in [0.15, 0.2) is 0 Å². The van der Waals surface area contributed by atoms with Gasteiger partial charge in [-0.1, -0.05) is 20.8 Å². The predicted octanol–water partition coefficient (Wildman–Crippen LogP) is 2.01. The van der Waals surface area contributed by atoms with Crippen molar-refractivity contribution in [2.45, 2.75) is 39.2 Å². The molecule has 1 aromatic rings. The highest BCUT2D eigenvalue weighted by Gasteiger charge is 2.17. The Bertz CT molecular complexity index is 393. The lowest BCUT2D eigenvalue weighted by Crippen LogP contribution is -2.26. The fraction of sp³-hybridized carbons (Fsp3) is 0.692. The van der Waals surface area contributed by atoms with Crippen molar-refractivity contribution in [1.29, 1.82) is 0 Å². The van der Waals surface area contributed by atoms with E-state index in [1.807, 2.05) is 0 Å². The van der Waals surface area contributed by atoms with Crippen molar-refractivity contribution in [3.8, 4) is 0 Å². The molecule has 0 spiro atoms. The molecule has 0 atom stereocenters. The molecule has 0 fully saturated rings. The van der Waals surface area contributed by atoms with E-state index in [4.69, 9.17) is 0 Å². The monoisotopic (exact) mass is 269 g/mol. The Balaban J connectivity index is 2.32. The minimum Gasteiger partial charge on any atom is -0.349 e. The average Bonchev–Trinajstić information content (AvgIpc) is 2.72. The smallest absolute Gasteiger partial charge is 0.223 e. The maximum Gasteiger partial charge on any atom is 0.223 e. The van der Waals surface area contributed by atoms with Crippen LogP contribution in [0.3, 0.4) is 0 Å². The van der Waals surface area contributed by atoms with Crippen LogP contribution in [0.1, 0.15) is 37.9 Å². The largest absolute Gasteiger partial charge is 0.349 e. The van der Waals surface area contributed by atoms with Gasteiger partial charge in [0.2, 0.25) is 5.91 Å². The maximum atomic E-state index is 11.4. The van der Waals surface area contributed by atoms with Gasteiger partial charge >= 0.3 is 0 Å². The zero-order valence-electron chi connectivity index (χ0n) is 11.9. The predicted molar refractivity (Wildman–Crippen MR) is 75.8 cm³/mol. The van der Waals surface area contributed by atoms with E-state index in [1.54, 1.807) is 30.3 Å². The van der Waals surface area contributed by atoms with Crippen molar-refractivity contribution in [1.82, 2.24) is 15.2 Å². The second-order valence-corrected chi connectivity index (χ2v) is 6.47. The molecule has 1 N–H and O–H groups in total. The second kappa shape index (κ2) is 6.29. The van der Waals surface area contributed by atoms with E-state index in [0.717, 1.165) is 17.2 Å². The number of thiazole rings is 1. The van der Waals surface area contributed by atoms with Crippen molar-refractivity contribution >= 4 is 17.2 Å². The quantitative estimate of drug-likeness (QED) is 0.832. The number of nitrogens with zero attached hydrogens (tertiary/aromatic N) is 2. The highest BCUT2D eigenvalue weighted by atomic mass is 32.1. The molecule has 0 saturated heterocycles. The summed E-state index contributed by atoms with van der Waals surface area (Å²) in [6.07, 6.45) is 0.531. The number of aromatic nitrogens is 1. The van der Waals surface area contributed by atoms with Crippen LogP contribution in [-0.2, 0) is 16.8 Å². The van der Waals surface area contributed by atoms with Crippen molar-refractivity contribution in [2.75, 3.05) is 20.6 Å². The zero-order valence-corrected chi connectivity index (χ0v) is 12.7. The van der Waals surface area contributed by atoms with E-state index < -0.39 is 0 Å². The first kappa shape index (κ1) is 15.1. The molecule has 4 nitrogen and oxygen atoms in total. The molecule has 0 radical (unpaired) electrons. The number of hydrogen-bond donors (Lipinski definition) is 1. The van der Waals surface area contributed by atoms with Gasteiger partial charge in [0.1, 0.15) is 0 Å². The summed E-state index contributed by atoms with van der Waals surface area (Å²) in [4.78, 5) is 17.6. The first-order chi connectivity index (χ1) is 8.30. The van der Waals surface area contributed by atoms with E-state index in [9.17, 15) is 4.79 Å². The van der Waals surface area contributed by atoms with E-state index in [1.165, 1.54) is 0 Å². The molecule has 0 aliphatic carbocycles. The summed E-state index contributed by atoms with van der Waals surface area (Å²) in [7, 11) is 3.55. The fourth-order valence-electron chi connectivity index (χ4n) is 1.37. The first-order valence-electron chi connectivity index (χ1n) is 6.16. The van der Waals surface area contributed by atoms with Crippen molar-refractivity contribution < 1.29 is 4.79 Å². The number of rotatable bonds is 5. The van der Waals surface area contributed by atoms with Gasteiger partial charge in [-0.2, -0.15) is 0 Å².